The number of hydrogen-bond acceptors (Lipinski definition) is 4. The van der Waals surface area contributed by atoms with E-state index in [0.29, 0.717) is 23.0 Å². The molecule has 1 atom stereocenters. The standard InChI is InChI=1S/C20H30ClN3O2/c1-26-12-11-23-10-7-16(15-23)14-22-20(25)18-13-17(5-6-19(18)21)24-8-3-2-4-9-24/h5-6,13,16H,2-4,7-12,14-15H2,1H3,(H,22,25)/t16-/m0/s1. The second-order valence-electron chi connectivity index (χ2n) is 7.37. The lowest BCUT2D eigenvalue weighted by Crippen LogP contribution is -2.32. The molecule has 2 aliphatic rings. The van der Waals surface area contributed by atoms with Crippen LogP contribution in [0.1, 0.15) is 36.0 Å². The van der Waals surface area contributed by atoms with Gasteiger partial charge in [0.2, 0.25) is 0 Å². The van der Waals surface area contributed by atoms with E-state index in [1.54, 1.807) is 7.11 Å². The zero-order valence-corrected chi connectivity index (χ0v) is 16.4. The van der Waals surface area contributed by atoms with E-state index in [-0.39, 0.29) is 5.91 Å². The van der Waals surface area contributed by atoms with Gasteiger partial charge >= 0.3 is 0 Å². The van der Waals surface area contributed by atoms with Crippen LogP contribution in [0.15, 0.2) is 18.2 Å². The number of likely N-dealkylation sites (tertiary alicyclic amines) is 1. The largest absolute Gasteiger partial charge is 0.383 e. The smallest absolute Gasteiger partial charge is 0.252 e. The van der Waals surface area contributed by atoms with Crippen LogP contribution >= 0.6 is 11.6 Å². The number of hydrogen-bond donors (Lipinski definition) is 1. The lowest BCUT2D eigenvalue weighted by molar-refractivity contribution is 0.0947. The number of methoxy groups -OCH3 is 1. The monoisotopic (exact) mass is 379 g/mol. The van der Waals surface area contributed by atoms with Crippen molar-refractivity contribution >= 4 is 23.2 Å². The van der Waals surface area contributed by atoms with E-state index < -0.39 is 0 Å². The summed E-state index contributed by atoms with van der Waals surface area (Å²) in [7, 11) is 1.73. The van der Waals surface area contributed by atoms with Gasteiger partial charge in [0.15, 0.2) is 0 Å². The summed E-state index contributed by atoms with van der Waals surface area (Å²) in [5.74, 6) is 0.434. The Balaban J connectivity index is 1.54. The van der Waals surface area contributed by atoms with E-state index in [1.807, 2.05) is 18.2 Å². The summed E-state index contributed by atoms with van der Waals surface area (Å²) in [6.07, 6.45) is 4.84. The minimum atomic E-state index is -0.0656. The van der Waals surface area contributed by atoms with Crippen molar-refractivity contribution in [2.75, 3.05) is 57.9 Å². The summed E-state index contributed by atoms with van der Waals surface area (Å²) in [5, 5.41) is 3.61. The SMILES string of the molecule is COCCN1CC[C@@H](CNC(=O)c2cc(N3CCCCC3)ccc2Cl)C1. The van der Waals surface area contributed by atoms with Gasteiger partial charge in [-0.1, -0.05) is 11.6 Å². The molecular formula is C20H30ClN3O2. The Hall–Kier alpha value is -1.30. The van der Waals surface area contributed by atoms with Gasteiger partial charge < -0.3 is 19.9 Å². The van der Waals surface area contributed by atoms with E-state index in [4.69, 9.17) is 16.3 Å². The molecule has 2 aliphatic heterocycles. The predicted octanol–water partition coefficient (Wildman–Crippen LogP) is 3.03. The number of halogens is 1. The molecule has 3 rings (SSSR count). The Morgan fingerprint density at radius 1 is 1.27 bits per heavy atom. The first-order valence-corrected chi connectivity index (χ1v) is 10.1. The van der Waals surface area contributed by atoms with E-state index in [1.165, 1.54) is 19.3 Å². The maximum Gasteiger partial charge on any atom is 0.252 e. The summed E-state index contributed by atoms with van der Waals surface area (Å²) >= 11 is 6.30. The molecule has 0 bridgehead atoms. The van der Waals surface area contributed by atoms with Crippen molar-refractivity contribution < 1.29 is 9.53 Å². The summed E-state index contributed by atoms with van der Waals surface area (Å²) in [6, 6.07) is 5.82. The van der Waals surface area contributed by atoms with Crippen molar-refractivity contribution in [3.8, 4) is 0 Å². The molecule has 0 aliphatic carbocycles. The van der Waals surface area contributed by atoms with Gasteiger partial charge in [0, 0.05) is 45.5 Å². The van der Waals surface area contributed by atoms with Crippen LogP contribution in [0.3, 0.4) is 0 Å². The van der Waals surface area contributed by atoms with E-state index in [2.05, 4.69) is 15.1 Å². The average Bonchev–Trinajstić information content (AvgIpc) is 3.13. The number of benzene rings is 1. The van der Waals surface area contributed by atoms with Crippen molar-refractivity contribution in [1.82, 2.24) is 10.2 Å². The van der Waals surface area contributed by atoms with Crippen molar-refractivity contribution in [3.63, 3.8) is 0 Å². The molecular weight excluding hydrogens is 350 g/mol. The molecule has 0 spiro atoms. The van der Waals surface area contributed by atoms with Crippen LogP contribution in [0.5, 0.6) is 0 Å². The Labute approximate surface area is 161 Å². The van der Waals surface area contributed by atoms with Gasteiger partial charge in [-0.05, 0) is 56.3 Å². The molecule has 26 heavy (non-hydrogen) atoms. The number of ether oxygens (including phenoxy) is 1. The fourth-order valence-electron chi connectivity index (χ4n) is 3.87. The lowest BCUT2D eigenvalue weighted by Gasteiger charge is -2.29. The van der Waals surface area contributed by atoms with Crippen LogP contribution in [0.4, 0.5) is 5.69 Å². The Morgan fingerprint density at radius 3 is 2.85 bits per heavy atom. The molecule has 0 aromatic heterocycles. The third kappa shape index (κ3) is 5.12. The first kappa shape index (κ1) is 19.5. The number of carbonyl (C=O) groups excluding carboxylic acids is 1. The molecule has 5 nitrogen and oxygen atoms in total. The zero-order chi connectivity index (χ0) is 18.4. The van der Waals surface area contributed by atoms with E-state index >= 15 is 0 Å². The average molecular weight is 380 g/mol. The van der Waals surface area contributed by atoms with Crippen LogP contribution in [0.2, 0.25) is 5.02 Å². The number of nitrogens with one attached hydrogen (secondary N) is 1. The van der Waals surface area contributed by atoms with Crippen molar-refractivity contribution in [3.05, 3.63) is 28.8 Å². The molecule has 0 unspecified atom stereocenters. The number of rotatable bonds is 7. The summed E-state index contributed by atoms with van der Waals surface area (Å²) in [6.45, 7) is 6.64. The summed E-state index contributed by atoms with van der Waals surface area (Å²) in [4.78, 5) is 17.4. The highest BCUT2D eigenvalue weighted by Crippen LogP contribution is 2.26. The van der Waals surface area contributed by atoms with Gasteiger partial charge in [-0.15, -0.1) is 0 Å². The fraction of sp³-hybridized carbons (Fsp3) is 0.650. The molecule has 0 saturated carbocycles. The second kappa shape index (κ2) is 9.58. The minimum Gasteiger partial charge on any atom is -0.383 e. The van der Waals surface area contributed by atoms with Gasteiger partial charge in [-0.3, -0.25) is 4.79 Å². The van der Waals surface area contributed by atoms with Gasteiger partial charge in [0.1, 0.15) is 0 Å². The Bertz CT molecular complexity index is 605. The normalized spacial score (nSPS) is 21.2. The van der Waals surface area contributed by atoms with E-state index in [0.717, 1.165) is 51.4 Å². The van der Waals surface area contributed by atoms with Crippen molar-refractivity contribution in [2.45, 2.75) is 25.7 Å². The maximum atomic E-state index is 12.7. The highest BCUT2D eigenvalue weighted by atomic mass is 35.5. The third-order valence-corrected chi connectivity index (χ3v) is 5.78. The summed E-state index contributed by atoms with van der Waals surface area (Å²) in [5.41, 5.74) is 1.69. The molecule has 1 N–H and O–H groups in total. The zero-order valence-electron chi connectivity index (χ0n) is 15.7. The molecule has 2 heterocycles. The molecule has 1 aromatic carbocycles. The van der Waals surface area contributed by atoms with Crippen LogP contribution in [-0.4, -0.2) is 63.8 Å². The number of piperidine rings is 1. The fourth-order valence-corrected chi connectivity index (χ4v) is 4.07. The van der Waals surface area contributed by atoms with Gasteiger partial charge in [0.05, 0.1) is 17.2 Å². The second-order valence-corrected chi connectivity index (χ2v) is 7.78. The van der Waals surface area contributed by atoms with Crippen LogP contribution in [0.25, 0.3) is 0 Å². The van der Waals surface area contributed by atoms with Gasteiger partial charge in [0.25, 0.3) is 5.91 Å². The van der Waals surface area contributed by atoms with Gasteiger partial charge in [-0.25, -0.2) is 0 Å². The molecule has 1 amide bonds. The lowest BCUT2D eigenvalue weighted by atomic mass is 10.1. The maximum absolute atomic E-state index is 12.7. The van der Waals surface area contributed by atoms with Crippen LogP contribution in [-0.2, 0) is 4.74 Å². The molecule has 6 heteroatoms. The van der Waals surface area contributed by atoms with E-state index in [9.17, 15) is 4.79 Å². The molecule has 2 fully saturated rings. The molecule has 144 valence electrons. The first-order chi connectivity index (χ1) is 12.7. The topological polar surface area (TPSA) is 44.8 Å². The highest BCUT2D eigenvalue weighted by Gasteiger charge is 2.23. The van der Waals surface area contributed by atoms with Crippen molar-refractivity contribution in [2.24, 2.45) is 5.92 Å². The number of anilines is 1. The molecule has 1 aromatic rings. The quantitative estimate of drug-likeness (QED) is 0.790. The minimum absolute atomic E-state index is 0.0656. The highest BCUT2D eigenvalue weighted by molar-refractivity contribution is 6.34. The first-order valence-electron chi connectivity index (χ1n) is 9.71. The van der Waals surface area contributed by atoms with Crippen LogP contribution in [0, 0.1) is 5.92 Å². The Kier molecular flexibility index (Phi) is 7.17. The van der Waals surface area contributed by atoms with Gasteiger partial charge in [-0.2, -0.15) is 0 Å². The number of carbonyl (C=O) groups is 1. The van der Waals surface area contributed by atoms with Crippen LogP contribution < -0.4 is 10.2 Å². The van der Waals surface area contributed by atoms with Crippen molar-refractivity contribution in [1.29, 1.82) is 0 Å². The third-order valence-electron chi connectivity index (χ3n) is 5.45. The predicted molar refractivity (Wildman–Crippen MR) is 106 cm³/mol. The number of amides is 1. The summed E-state index contributed by atoms with van der Waals surface area (Å²) < 4.78 is 5.14. The number of nitrogens with zero attached hydrogens (tertiary/aromatic N) is 2. The molecule has 2 saturated heterocycles. The molecule has 0 radical (unpaired) electrons. The Morgan fingerprint density at radius 2 is 2.08 bits per heavy atom.